The molecule has 4 aromatic carbocycles. The van der Waals surface area contributed by atoms with Crippen molar-refractivity contribution in [1.82, 2.24) is 41.6 Å². The van der Waals surface area contributed by atoms with Gasteiger partial charge in [-0.15, -0.1) is 23.4 Å². The highest BCUT2D eigenvalue weighted by Gasteiger charge is 2.33. The van der Waals surface area contributed by atoms with Crippen LogP contribution in [-0.4, -0.2) is 79.6 Å². The largest absolute Gasteiger partial charge is 0.573 e. The Labute approximate surface area is 331 Å². The summed E-state index contributed by atoms with van der Waals surface area (Å²) in [6.45, 7) is 0. The number of tetrazole rings is 1. The zero-order valence-corrected chi connectivity index (χ0v) is 30.9. The number of rotatable bonds is 16. The van der Waals surface area contributed by atoms with E-state index in [1.54, 1.807) is 24.3 Å². The highest BCUT2D eigenvalue weighted by atomic mass is 35.5. The predicted molar refractivity (Wildman–Crippen MR) is 204 cm³/mol. The lowest BCUT2D eigenvalue weighted by Gasteiger charge is -2.25. The number of hydrogen-bond donors (Lipinski definition) is 7. The lowest BCUT2D eigenvalue weighted by molar-refractivity contribution is -0.274. The summed E-state index contributed by atoms with van der Waals surface area (Å²) < 4.78 is 41.7. The molecule has 0 bridgehead atoms. The van der Waals surface area contributed by atoms with Gasteiger partial charge in [-0.05, 0) is 71.3 Å². The Hall–Kier alpha value is -7.02. The highest BCUT2D eigenvalue weighted by molar-refractivity contribution is 6.31. The van der Waals surface area contributed by atoms with Crippen LogP contribution in [0.5, 0.6) is 5.75 Å². The molecule has 0 aliphatic rings. The molecule has 0 fully saturated rings. The molecule has 0 radical (unpaired) electrons. The molecule has 0 saturated carbocycles. The molecule has 2 aromatic heterocycles. The summed E-state index contributed by atoms with van der Waals surface area (Å²) in [4.78, 5) is 70.0. The monoisotopic (exact) mass is 818 g/mol. The molecule has 0 aliphatic carbocycles. The van der Waals surface area contributed by atoms with E-state index in [0.717, 1.165) is 35.0 Å². The SMILES string of the molecule is NC(=O)CC[C@H](NC(=O)[C@H](Cc1nn[nH]n1)NC(=O)[C@H](Cc1ccc2ccccc2c1)NC(=O)c1cc2cc(Cl)ccc2[nH]1)C(=O)Nc1ccc(OC(F)(F)F)cc1. The molecule has 3 atom stereocenters. The van der Waals surface area contributed by atoms with Gasteiger partial charge in [-0.3, -0.25) is 24.0 Å². The Morgan fingerprint density at radius 1 is 0.776 bits per heavy atom. The molecule has 0 aliphatic heterocycles. The van der Waals surface area contributed by atoms with Crippen molar-refractivity contribution in [2.45, 2.75) is 50.2 Å². The molecule has 58 heavy (non-hydrogen) atoms. The number of H-pyrrole nitrogens is 2. The molecule has 0 saturated heterocycles. The average molecular weight is 819 g/mol. The second-order valence-electron chi connectivity index (χ2n) is 13.0. The third-order valence-electron chi connectivity index (χ3n) is 8.78. The Kier molecular flexibility index (Phi) is 12.5. The Bertz CT molecular complexity index is 2440. The normalized spacial score (nSPS) is 13.0. The molecule has 20 heteroatoms. The smallest absolute Gasteiger partial charge is 0.406 e. The number of hydrogen-bond acceptors (Lipinski definition) is 9. The van der Waals surface area contributed by atoms with Crippen LogP contribution in [0.15, 0.2) is 91.0 Å². The van der Waals surface area contributed by atoms with Gasteiger partial charge in [0, 0.05) is 40.9 Å². The minimum Gasteiger partial charge on any atom is -0.406 e. The number of ether oxygens (including phenoxy) is 1. The fourth-order valence-electron chi connectivity index (χ4n) is 6.00. The lowest BCUT2D eigenvalue weighted by Crippen LogP contribution is -2.57. The van der Waals surface area contributed by atoms with Crippen molar-refractivity contribution in [3.63, 3.8) is 0 Å². The minimum absolute atomic E-state index is 0.00611. The van der Waals surface area contributed by atoms with Crippen LogP contribution < -0.4 is 31.7 Å². The van der Waals surface area contributed by atoms with E-state index in [4.69, 9.17) is 17.3 Å². The van der Waals surface area contributed by atoms with Crippen LogP contribution >= 0.6 is 11.6 Å². The number of nitrogens with zero attached hydrogens (tertiary/aromatic N) is 3. The van der Waals surface area contributed by atoms with E-state index in [9.17, 15) is 37.1 Å². The molecular weight excluding hydrogens is 785 g/mol. The van der Waals surface area contributed by atoms with E-state index >= 15 is 0 Å². The number of nitrogens with one attached hydrogen (secondary N) is 6. The summed E-state index contributed by atoms with van der Waals surface area (Å²) in [6, 6.07) is 19.8. The van der Waals surface area contributed by atoms with E-state index in [1.165, 1.54) is 0 Å². The highest BCUT2D eigenvalue weighted by Crippen LogP contribution is 2.25. The molecule has 6 rings (SSSR count). The first-order chi connectivity index (χ1) is 27.7. The maximum atomic E-state index is 14.2. The fourth-order valence-corrected chi connectivity index (χ4v) is 6.18. The number of carbonyl (C=O) groups excluding carboxylic acids is 5. The van der Waals surface area contributed by atoms with Crippen LogP contribution in [0.25, 0.3) is 21.7 Å². The van der Waals surface area contributed by atoms with Crippen molar-refractivity contribution in [3.05, 3.63) is 113 Å². The van der Waals surface area contributed by atoms with E-state index in [2.05, 4.69) is 51.6 Å². The zero-order valence-electron chi connectivity index (χ0n) is 30.1. The van der Waals surface area contributed by atoms with Gasteiger partial charge in [-0.1, -0.05) is 59.3 Å². The third-order valence-corrected chi connectivity index (χ3v) is 9.01. The van der Waals surface area contributed by atoms with E-state index in [1.807, 2.05) is 42.5 Å². The van der Waals surface area contributed by atoms with Crippen LogP contribution in [0.4, 0.5) is 18.9 Å². The number of halogens is 4. The van der Waals surface area contributed by atoms with Crippen molar-refractivity contribution in [3.8, 4) is 5.75 Å². The number of primary amides is 1. The first kappa shape index (κ1) is 40.6. The van der Waals surface area contributed by atoms with Crippen molar-refractivity contribution in [2.75, 3.05) is 5.32 Å². The topological polar surface area (TPSA) is 239 Å². The van der Waals surface area contributed by atoms with Gasteiger partial charge in [0.25, 0.3) is 5.91 Å². The summed E-state index contributed by atoms with van der Waals surface area (Å²) in [5.74, 6) is -4.51. The van der Waals surface area contributed by atoms with Gasteiger partial charge in [0.05, 0.1) is 0 Å². The fraction of sp³-hybridized carbons (Fsp3) is 0.211. The molecule has 0 spiro atoms. The second kappa shape index (κ2) is 17.8. The number of aromatic amines is 2. The van der Waals surface area contributed by atoms with Crippen LogP contribution in [0, 0.1) is 0 Å². The molecule has 16 nitrogen and oxygen atoms in total. The molecule has 5 amide bonds. The zero-order chi connectivity index (χ0) is 41.4. The Balaban J connectivity index is 1.24. The molecule has 2 heterocycles. The van der Waals surface area contributed by atoms with E-state index in [0.29, 0.717) is 21.5 Å². The van der Waals surface area contributed by atoms with Gasteiger partial charge in [-0.25, -0.2) is 0 Å². The van der Waals surface area contributed by atoms with Gasteiger partial charge in [0.2, 0.25) is 23.6 Å². The number of aromatic nitrogens is 5. The second-order valence-corrected chi connectivity index (χ2v) is 13.5. The summed E-state index contributed by atoms with van der Waals surface area (Å²) in [5.41, 5.74) is 6.82. The van der Waals surface area contributed by atoms with Crippen LogP contribution in [0.2, 0.25) is 5.02 Å². The van der Waals surface area contributed by atoms with Crippen molar-refractivity contribution < 1.29 is 41.9 Å². The maximum absolute atomic E-state index is 14.2. The molecule has 6 aromatic rings. The Morgan fingerprint density at radius 2 is 1.48 bits per heavy atom. The van der Waals surface area contributed by atoms with Crippen molar-refractivity contribution in [2.24, 2.45) is 5.73 Å². The average Bonchev–Trinajstić information content (AvgIpc) is 3.86. The molecule has 8 N–H and O–H groups in total. The summed E-state index contributed by atoms with van der Waals surface area (Å²) in [7, 11) is 0. The van der Waals surface area contributed by atoms with E-state index in [-0.39, 0.29) is 42.9 Å². The number of alkyl halides is 3. The lowest BCUT2D eigenvalue weighted by atomic mass is 10.0. The van der Waals surface area contributed by atoms with Gasteiger partial charge < -0.3 is 36.7 Å². The quantitative estimate of drug-likeness (QED) is 0.0750. The van der Waals surface area contributed by atoms with Gasteiger partial charge in [0.15, 0.2) is 5.82 Å². The van der Waals surface area contributed by atoms with Gasteiger partial charge in [-0.2, -0.15) is 5.21 Å². The summed E-state index contributed by atoms with van der Waals surface area (Å²) >= 11 is 6.14. The molecular formula is C38H34ClF3N10O6. The maximum Gasteiger partial charge on any atom is 0.573 e. The van der Waals surface area contributed by atoms with E-state index < -0.39 is 59.8 Å². The Morgan fingerprint density at radius 3 is 2.17 bits per heavy atom. The number of benzene rings is 4. The van der Waals surface area contributed by atoms with Gasteiger partial charge >= 0.3 is 6.36 Å². The standard InChI is InChI=1S/C38H34ClF3N10O6/c39-24-7-12-27-23(17-24)18-30(45-27)36(56)47-29(16-20-5-6-21-3-1-2-4-22(21)15-20)35(55)48-31(19-33-49-51-52-50-33)37(57)46-28(13-14-32(43)53)34(54)44-25-8-10-26(11-9-25)58-38(40,41)42/h1-12,15,17-18,28-29,31,45H,13-14,16,19H2,(H2,43,53)(H,44,54)(H,46,57)(H,47,56)(H,48,55)(H,49,50,51,52)/t28-,29-,31-/m0/s1. The van der Waals surface area contributed by atoms with Crippen molar-refractivity contribution >= 4 is 68.5 Å². The first-order valence-electron chi connectivity index (χ1n) is 17.5. The number of anilines is 1. The first-order valence-corrected chi connectivity index (χ1v) is 17.9. The summed E-state index contributed by atoms with van der Waals surface area (Å²) in [6.07, 6.45) is -5.92. The number of carbonyl (C=O) groups is 5. The third kappa shape index (κ3) is 11.1. The number of nitrogens with two attached hydrogens (primary N) is 1. The van der Waals surface area contributed by atoms with Crippen molar-refractivity contribution in [1.29, 1.82) is 0 Å². The summed E-state index contributed by atoms with van der Waals surface area (Å²) in [5, 5.41) is 26.9. The molecule has 300 valence electrons. The predicted octanol–water partition coefficient (Wildman–Crippen LogP) is 3.84. The number of fused-ring (bicyclic) bond motifs is 2. The minimum atomic E-state index is -4.93. The van der Waals surface area contributed by atoms with Crippen LogP contribution in [0.1, 0.15) is 34.7 Å². The van der Waals surface area contributed by atoms with Gasteiger partial charge in [0.1, 0.15) is 29.6 Å². The van der Waals surface area contributed by atoms with Crippen LogP contribution in [0.3, 0.4) is 0 Å². The van der Waals surface area contributed by atoms with Crippen LogP contribution in [-0.2, 0) is 32.0 Å². The molecule has 0 unspecified atom stereocenters. The number of amides is 5.